The first-order valence-corrected chi connectivity index (χ1v) is 6.55. The third-order valence-corrected chi connectivity index (χ3v) is 3.37. The predicted molar refractivity (Wildman–Crippen MR) is 72.3 cm³/mol. The number of rotatable bonds is 5. The summed E-state index contributed by atoms with van der Waals surface area (Å²) < 4.78 is 5.23. The van der Waals surface area contributed by atoms with Crippen molar-refractivity contribution < 1.29 is 9.84 Å². The average Bonchev–Trinajstić information content (AvgIpc) is 2.37. The highest BCUT2D eigenvalue weighted by Gasteiger charge is 2.20. The third-order valence-electron chi connectivity index (χ3n) is 3.37. The highest BCUT2D eigenvalue weighted by atomic mass is 16.5. The molecule has 1 aromatic rings. The van der Waals surface area contributed by atoms with Crippen LogP contribution in [0.4, 0.5) is 5.69 Å². The average molecular weight is 250 g/mol. The fraction of sp³-hybridized carbons (Fsp3) is 0.571. The van der Waals surface area contributed by atoms with Crippen molar-refractivity contribution in [1.29, 1.82) is 0 Å². The van der Waals surface area contributed by atoms with Crippen LogP contribution in [0.3, 0.4) is 0 Å². The molecule has 1 unspecified atom stereocenters. The number of nitrogens with two attached hydrogens (primary N) is 1. The van der Waals surface area contributed by atoms with E-state index in [1.165, 1.54) is 11.1 Å². The molecule has 2 rings (SSSR count). The van der Waals surface area contributed by atoms with Crippen LogP contribution in [0.5, 0.6) is 0 Å². The lowest BCUT2D eigenvalue weighted by Gasteiger charge is -2.31. The molecule has 0 bridgehead atoms. The molecule has 1 atom stereocenters. The van der Waals surface area contributed by atoms with Crippen molar-refractivity contribution >= 4 is 5.69 Å². The Balaban J connectivity index is 1.93. The molecule has 4 nitrogen and oxygen atoms in total. The van der Waals surface area contributed by atoms with E-state index in [0.29, 0.717) is 19.8 Å². The second-order valence-electron chi connectivity index (χ2n) is 4.78. The lowest BCUT2D eigenvalue weighted by Crippen LogP contribution is -2.38. The van der Waals surface area contributed by atoms with Gasteiger partial charge in [-0.05, 0) is 30.5 Å². The smallest absolute Gasteiger partial charge is 0.0900 e. The Morgan fingerprint density at radius 1 is 1.50 bits per heavy atom. The number of aliphatic hydroxyl groups excluding tert-OH is 1. The Morgan fingerprint density at radius 3 is 3.11 bits per heavy atom. The van der Waals surface area contributed by atoms with E-state index in [9.17, 15) is 5.11 Å². The minimum atomic E-state index is -0.420. The van der Waals surface area contributed by atoms with Crippen LogP contribution in [0.2, 0.25) is 0 Å². The minimum Gasteiger partial charge on any atom is -0.398 e. The second-order valence-corrected chi connectivity index (χ2v) is 4.78. The van der Waals surface area contributed by atoms with Gasteiger partial charge in [-0.25, -0.2) is 0 Å². The molecule has 0 aliphatic carbocycles. The number of benzene rings is 1. The van der Waals surface area contributed by atoms with Crippen LogP contribution in [0.15, 0.2) is 18.2 Å². The van der Waals surface area contributed by atoms with E-state index in [1.807, 2.05) is 19.1 Å². The monoisotopic (exact) mass is 250 g/mol. The number of nitrogens with zero attached hydrogens (tertiary/aromatic N) is 1. The van der Waals surface area contributed by atoms with Crippen LogP contribution in [-0.2, 0) is 17.7 Å². The fourth-order valence-corrected chi connectivity index (χ4v) is 2.42. The van der Waals surface area contributed by atoms with Gasteiger partial charge in [0.25, 0.3) is 0 Å². The van der Waals surface area contributed by atoms with Crippen molar-refractivity contribution in [3.8, 4) is 0 Å². The standard InChI is InChI=1S/C14H22N2O2/c1-2-18-10-12(17)8-16-7-6-11-4-3-5-14(15)13(11)9-16/h3-5,12,17H,2,6-10,15H2,1H3. The molecular formula is C14H22N2O2. The molecule has 0 saturated carbocycles. The summed E-state index contributed by atoms with van der Waals surface area (Å²) >= 11 is 0. The number of aliphatic hydroxyl groups is 1. The second kappa shape index (κ2) is 6.18. The minimum absolute atomic E-state index is 0.407. The highest BCUT2D eigenvalue weighted by Crippen LogP contribution is 2.24. The molecule has 0 amide bonds. The zero-order chi connectivity index (χ0) is 13.0. The molecule has 4 heteroatoms. The van der Waals surface area contributed by atoms with E-state index < -0.39 is 6.10 Å². The fourth-order valence-electron chi connectivity index (χ4n) is 2.42. The maximum absolute atomic E-state index is 9.85. The van der Waals surface area contributed by atoms with Gasteiger partial charge in [0.15, 0.2) is 0 Å². The van der Waals surface area contributed by atoms with E-state index in [4.69, 9.17) is 10.5 Å². The van der Waals surface area contributed by atoms with Crippen LogP contribution >= 0.6 is 0 Å². The van der Waals surface area contributed by atoms with Gasteiger partial charge in [0.2, 0.25) is 0 Å². The van der Waals surface area contributed by atoms with Gasteiger partial charge in [-0.3, -0.25) is 4.90 Å². The summed E-state index contributed by atoms with van der Waals surface area (Å²) in [6.07, 6.45) is 0.582. The number of anilines is 1. The molecule has 100 valence electrons. The molecule has 1 aliphatic rings. The van der Waals surface area contributed by atoms with Crippen LogP contribution in [-0.4, -0.2) is 42.4 Å². The largest absolute Gasteiger partial charge is 0.398 e. The summed E-state index contributed by atoms with van der Waals surface area (Å²) in [6.45, 7) is 5.43. The van der Waals surface area contributed by atoms with Crippen molar-refractivity contribution in [2.24, 2.45) is 0 Å². The summed E-state index contributed by atoms with van der Waals surface area (Å²) in [5.74, 6) is 0. The molecule has 18 heavy (non-hydrogen) atoms. The molecule has 0 saturated heterocycles. The topological polar surface area (TPSA) is 58.7 Å². The zero-order valence-corrected chi connectivity index (χ0v) is 10.9. The summed E-state index contributed by atoms with van der Waals surface area (Å²) in [4.78, 5) is 2.24. The molecule has 0 aromatic heterocycles. The first-order valence-electron chi connectivity index (χ1n) is 6.55. The molecule has 0 spiro atoms. The van der Waals surface area contributed by atoms with Crippen LogP contribution in [0, 0.1) is 0 Å². The number of fused-ring (bicyclic) bond motifs is 1. The quantitative estimate of drug-likeness (QED) is 0.766. The Kier molecular flexibility index (Phi) is 4.58. The number of ether oxygens (including phenoxy) is 1. The van der Waals surface area contributed by atoms with Crippen LogP contribution in [0.25, 0.3) is 0 Å². The highest BCUT2D eigenvalue weighted by molar-refractivity contribution is 5.51. The maximum atomic E-state index is 9.85. The molecule has 3 N–H and O–H groups in total. The number of hydrogen-bond acceptors (Lipinski definition) is 4. The molecular weight excluding hydrogens is 228 g/mol. The van der Waals surface area contributed by atoms with Gasteiger partial charge in [-0.2, -0.15) is 0 Å². The Bertz CT molecular complexity index is 395. The van der Waals surface area contributed by atoms with Gasteiger partial charge in [-0.15, -0.1) is 0 Å². The lowest BCUT2D eigenvalue weighted by atomic mass is 9.98. The van der Waals surface area contributed by atoms with E-state index >= 15 is 0 Å². The van der Waals surface area contributed by atoms with E-state index in [1.54, 1.807) is 0 Å². The van der Waals surface area contributed by atoms with Crippen molar-refractivity contribution in [2.45, 2.75) is 26.0 Å². The van der Waals surface area contributed by atoms with Crippen molar-refractivity contribution in [2.75, 3.05) is 32.0 Å². The summed E-state index contributed by atoms with van der Waals surface area (Å²) in [5.41, 5.74) is 9.41. The normalized spacial score (nSPS) is 17.4. The molecule has 1 aromatic carbocycles. The number of β-amino-alcohol motifs (C(OH)–C–C–N with tert-alkyl or cyclic N) is 1. The van der Waals surface area contributed by atoms with Gasteiger partial charge in [0.1, 0.15) is 0 Å². The van der Waals surface area contributed by atoms with Crippen molar-refractivity contribution in [3.63, 3.8) is 0 Å². The molecule has 0 radical (unpaired) electrons. The van der Waals surface area contributed by atoms with E-state index in [0.717, 1.165) is 25.2 Å². The predicted octanol–water partition coefficient (Wildman–Crippen LogP) is 1.02. The lowest BCUT2D eigenvalue weighted by molar-refractivity contribution is 0.0187. The Hall–Kier alpha value is -1.10. The van der Waals surface area contributed by atoms with Gasteiger partial charge < -0.3 is 15.6 Å². The number of nitrogen functional groups attached to an aromatic ring is 1. The van der Waals surface area contributed by atoms with Gasteiger partial charge in [0.05, 0.1) is 12.7 Å². The first-order chi connectivity index (χ1) is 8.70. The van der Waals surface area contributed by atoms with Gasteiger partial charge >= 0.3 is 0 Å². The van der Waals surface area contributed by atoms with E-state index in [2.05, 4.69) is 11.0 Å². The SMILES string of the molecule is CCOCC(O)CN1CCc2cccc(N)c2C1. The van der Waals surface area contributed by atoms with E-state index in [-0.39, 0.29) is 0 Å². The number of hydrogen-bond donors (Lipinski definition) is 2. The third kappa shape index (κ3) is 3.22. The van der Waals surface area contributed by atoms with Crippen molar-refractivity contribution in [3.05, 3.63) is 29.3 Å². The Morgan fingerprint density at radius 2 is 2.33 bits per heavy atom. The summed E-state index contributed by atoms with van der Waals surface area (Å²) in [5, 5.41) is 9.85. The molecule has 1 aliphatic heterocycles. The van der Waals surface area contributed by atoms with Crippen molar-refractivity contribution in [1.82, 2.24) is 4.90 Å². The molecule has 1 heterocycles. The van der Waals surface area contributed by atoms with Gasteiger partial charge in [0, 0.05) is 31.9 Å². The summed E-state index contributed by atoms with van der Waals surface area (Å²) in [7, 11) is 0. The van der Waals surface area contributed by atoms with Crippen LogP contribution < -0.4 is 5.73 Å². The zero-order valence-electron chi connectivity index (χ0n) is 10.9. The molecule has 0 fully saturated rings. The van der Waals surface area contributed by atoms with Gasteiger partial charge in [-0.1, -0.05) is 12.1 Å². The maximum Gasteiger partial charge on any atom is 0.0900 e. The van der Waals surface area contributed by atoms with Crippen LogP contribution in [0.1, 0.15) is 18.1 Å². The Labute approximate surface area is 108 Å². The summed E-state index contributed by atoms with van der Waals surface area (Å²) in [6, 6.07) is 6.09. The first kappa shape index (κ1) is 13.3.